The van der Waals surface area contributed by atoms with Crippen LogP contribution in [-0.2, 0) is 4.74 Å². The Morgan fingerprint density at radius 2 is 1.89 bits per heavy atom. The molecule has 0 saturated heterocycles. The van der Waals surface area contributed by atoms with E-state index in [-0.39, 0.29) is 12.2 Å². The highest BCUT2D eigenvalue weighted by molar-refractivity contribution is 7.99. The molecule has 3 aromatic rings. The quantitative estimate of drug-likeness (QED) is 0.384. The van der Waals surface area contributed by atoms with Crippen LogP contribution < -0.4 is 0 Å². The van der Waals surface area contributed by atoms with Crippen LogP contribution in [0.15, 0.2) is 53.7 Å². The van der Waals surface area contributed by atoms with E-state index in [1.54, 1.807) is 4.68 Å². The molecule has 0 radical (unpaired) electrons. The second-order valence-electron chi connectivity index (χ2n) is 5.43. The van der Waals surface area contributed by atoms with Crippen LogP contribution in [-0.4, -0.2) is 38.5 Å². The van der Waals surface area contributed by atoms with E-state index in [4.69, 9.17) is 4.74 Å². The molecular weight excluding hydrogens is 367 g/mol. The molecule has 0 aliphatic carbocycles. The van der Waals surface area contributed by atoms with E-state index < -0.39 is 11.8 Å². The summed E-state index contributed by atoms with van der Waals surface area (Å²) >= 11 is 1.38. The van der Waals surface area contributed by atoms with Crippen molar-refractivity contribution in [1.82, 2.24) is 20.2 Å². The fourth-order valence-electron chi connectivity index (χ4n) is 2.09. The van der Waals surface area contributed by atoms with Crippen LogP contribution in [0.5, 0.6) is 0 Å². The molecule has 136 valence electrons. The average molecular weight is 382 g/mol. The van der Waals surface area contributed by atoms with E-state index >= 15 is 0 Å². The van der Waals surface area contributed by atoms with Crippen LogP contribution in [0.4, 0.5) is 4.39 Å². The largest absolute Gasteiger partial charge is 0.449 e. The van der Waals surface area contributed by atoms with Crippen molar-refractivity contribution in [2.24, 2.45) is 0 Å². The first-order valence-electron chi connectivity index (χ1n) is 8.00. The third-order valence-electron chi connectivity index (χ3n) is 3.47. The van der Waals surface area contributed by atoms with E-state index in [1.165, 1.54) is 36.0 Å². The molecule has 0 fully saturated rings. The molecule has 0 N–H and O–H groups in total. The molecule has 8 heteroatoms. The lowest BCUT2D eigenvalue weighted by Crippen LogP contribution is -2.05. The zero-order valence-corrected chi connectivity index (χ0v) is 15.2. The Hall–Kier alpha value is -3.18. The summed E-state index contributed by atoms with van der Waals surface area (Å²) < 4.78 is 19.5. The van der Waals surface area contributed by atoms with Gasteiger partial charge in [0.05, 0.1) is 17.0 Å². The lowest BCUT2D eigenvalue weighted by Gasteiger charge is -2.03. The Morgan fingerprint density at radius 1 is 1.15 bits per heavy atom. The number of nitrogens with zero attached hydrogens (tertiary/aromatic N) is 4. The molecule has 1 aromatic heterocycles. The highest BCUT2D eigenvalue weighted by Gasteiger charge is 2.08. The molecule has 0 aliphatic rings. The van der Waals surface area contributed by atoms with Gasteiger partial charge in [0.1, 0.15) is 5.82 Å². The molecule has 1 heterocycles. The Kier molecular flexibility index (Phi) is 6.18. The number of hydrogen-bond donors (Lipinski definition) is 0. The smallest absolute Gasteiger partial charge is 0.339 e. The molecule has 3 rings (SSSR count). The number of esters is 1. The van der Waals surface area contributed by atoms with Crippen LogP contribution in [0.3, 0.4) is 0 Å². The molecule has 0 amide bonds. The van der Waals surface area contributed by atoms with Gasteiger partial charge in [-0.2, -0.15) is 4.68 Å². The molecular formula is C19H15FN4O2S. The van der Waals surface area contributed by atoms with Crippen LogP contribution in [0.1, 0.15) is 15.9 Å². The number of ether oxygens (including phenoxy) is 1. The van der Waals surface area contributed by atoms with Crippen molar-refractivity contribution in [1.29, 1.82) is 0 Å². The first kappa shape index (κ1) is 18.6. The van der Waals surface area contributed by atoms with Gasteiger partial charge in [-0.25, -0.2) is 9.18 Å². The number of benzene rings is 2. The molecule has 0 atom stereocenters. The summed E-state index contributed by atoms with van der Waals surface area (Å²) in [5.74, 6) is 5.15. The Bertz CT molecular complexity index is 975. The van der Waals surface area contributed by atoms with Crippen LogP contribution >= 0.6 is 11.8 Å². The molecule has 27 heavy (non-hydrogen) atoms. The first-order chi connectivity index (χ1) is 13.1. The van der Waals surface area contributed by atoms with Crippen molar-refractivity contribution < 1.29 is 13.9 Å². The molecule has 0 spiro atoms. The minimum absolute atomic E-state index is 0.0420. The van der Waals surface area contributed by atoms with Crippen LogP contribution in [0, 0.1) is 24.6 Å². The number of carbonyl (C=O) groups excluding carboxylic acids is 1. The van der Waals surface area contributed by atoms with Crippen LogP contribution in [0.2, 0.25) is 0 Å². The van der Waals surface area contributed by atoms with Gasteiger partial charge in [-0.1, -0.05) is 41.3 Å². The monoisotopic (exact) mass is 382 g/mol. The summed E-state index contributed by atoms with van der Waals surface area (Å²) in [6.45, 7) is 1.97. The highest BCUT2D eigenvalue weighted by Crippen LogP contribution is 2.17. The molecule has 0 aliphatic heterocycles. The van der Waals surface area contributed by atoms with Crippen molar-refractivity contribution in [2.45, 2.75) is 12.1 Å². The molecule has 2 aromatic carbocycles. The van der Waals surface area contributed by atoms with E-state index in [0.29, 0.717) is 10.9 Å². The lowest BCUT2D eigenvalue weighted by atomic mass is 10.2. The summed E-state index contributed by atoms with van der Waals surface area (Å²) in [6, 6.07) is 13.0. The van der Waals surface area contributed by atoms with Crippen molar-refractivity contribution in [3.8, 4) is 17.5 Å². The predicted octanol–water partition coefficient (Wildman–Crippen LogP) is 3.06. The van der Waals surface area contributed by atoms with E-state index in [2.05, 4.69) is 27.4 Å². The maximum Gasteiger partial charge on any atom is 0.339 e. The second kappa shape index (κ2) is 8.96. The zero-order chi connectivity index (χ0) is 19.1. The van der Waals surface area contributed by atoms with Gasteiger partial charge in [0, 0.05) is 0 Å². The van der Waals surface area contributed by atoms with Gasteiger partial charge in [-0.05, 0) is 53.7 Å². The minimum atomic E-state index is -0.541. The third-order valence-corrected chi connectivity index (χ3v) is 4.27. The van der Waals surface area contributed by atoms with Gasteiger partial charge >= 0.3 is 5.97 Å². The summed E-state index contributed by atoms with van der Waals surface area (Å²) in [7, 11) is 0. The molecule has 0 saturated carbocycles. The predicted molar refractivity (Wildman–Crippen MR) is 99.1 cm³/mol. The summed E-state index contributed by atoms with van der Waals surface area (Å²) in [4.78, 5) is 11.8. The normalized spacial score (nSPS) is 10.1. The first-order valence-corrected chi connectivity index (χ1v) is 8.98. The van der Waals surface area contributed by atoms with Crippen molar-refractivity contribution in [2.75, 3.05) is 12.4 Å². The number of rotatable bonds is 5. The van der Waals surface area contributed by atoms with Gasteiger partial charge in [0.25, 0.3) is 0 Å². The number of tetrazole rings is 1. The van der Waals surface area contributed by atoms with Gasteiger partial charge in [0.2, 0.25) is 5.16 Å². The number of hydrogen-bond acceptors (Lipinski definition) is 6. The van der Waals surface area contributed by atoms with Gasteiger partial charge < -0.3 is 4.74 Å². The summed E-state index contributed by atoms with van der Waals surface area (Å²) in [5, 5.41) is 12.3. The van der Waals surface area contributed by atoms with Crippen molar-refractivity contribution >= 4 is 17.7 Å². The number of thioether (sulfide) groups is 1. The number of carbonyl (C=O) groups is 1. The number of aryl methyl sites for hydroxylation is 1. The summed E-state index contributed by atoms with van der Waals surface area (Å²) in [5.41, 5.74) is 2.31. The number of halogens is 1. The summed E-state index contributed by atoms with van der Waals surface area (Å²) in [6.07, 6.45) is 0. The minimum Gasteiger partial charge on any atom is -0.449 e. The SMILES string of the molecule is Cc1ccc(-n2nnnc2SCC#CCOC(=O)c2ccc(F)cc2)cc1. The molecule has 0 unspecified atom stereocenters. The lowest BCUT2D eigenvalue weighted by molar-refractivity contribution is 0.0556. The standard InChI is InChI=1S/C19H15FN4O2S/c1-14-4-10-17(11-5-14)24-19(21-22-23-24)27-13-3-2-12-26-18(25)15-6-8-16(20)9-7-15/h4-11H,12-13H2,1H3. The highest BCUT2D eigenvalue weighted by atomic mass is 32.2. The Balaban J connectivity index is 1.49. The Labute approximate surface area is 159 Å². The van der Waals surface area contributed by atoms with Crippen molar-refractivity contribution in [3.63, 3.8) is 0 Å². The Morgan fingerprint density at radius 3 is 2.63 bits per heavy atom. The van der Waals surface area contributed by atoms with E-state index in [0.717, 1.165) is 11.3 Å². The van der Waals surface area contributed by atoms with Gasteiger partial charge in [-0.3, -0.25) is 0 Å². The fraction of sp³-hybridized carbons (Fsp3) is 0.158. The zero-order valence-electron chi connectivity index (χ0n) is 14.4. The van der Waals surface area contributed by atoms with Crippen LogP contribution in [0.25, 0.3) is 5.69 Å². The second-order valence-corrected chi connectivity index (χ2v) is 6.38. The topological polar surface area (TPSA) is 69.9 Å². The maximum atomic E-state index is 12.8. The fourth-order valence-corrected chi connectivity index (χ4v) is 2.75. The van der Waals surface area contributed by atoms with E-state index in [9.17, 15) is 9.18 Å². The third kappa shape index (κ3) is 5.15. The van der Waals surface area contributed by atoms with Gasteiger partial charge in [-0.15, -0.1) is 5.10 Å². The average Bonchev–Trinajstić information content (AvgIpc) is 3.14. The number of aromatic nitrogens is 4. The van der Waals surface area contributed by atoms with E-state index in [1.807, 2.05) is 31.2 Å². The molecule has 0 bridgehead atoms. The van der Waals surface area contributed by atoms with Gasteiger partial charge in [0.15, 0.2) is 6.61 Å². The van der Waals surface area contributed by atoms with Crippen molar-refractivity contribution in [3.05, 3.63) is 65.5 Å². The maximum absolute atomic E-state index is 12.8. The molecule has 6 nitrogen and oxygen atoms in total.